The summed E-state index contributed by atoms with van der Waals surface area (Å²) < 4.78 is 54.4. The molecule has 1 aromatic rings. The molecule has 0 saturated carbocycles. The number of methoxy groups -OCH3 is 1. The number of ether oxygens (including phenoxy) is 1. The van der Waals surface area contributed by atoms with Crippen LogP contribution in [0.25, 0.3) is 0 Å². The van der Waals surface area contributed by atoms with Gasteiger partial charge in [0.2, 0.25) is 10.0 Å². The van der Waals surface area contributed by atoms with E-state index < -0.39 is 29.1 Å². The van der Waals surface area contributed by atoms with Gasteiger partial charge in [0, 0.05) is 12.6 Å². The fraction of sp³-hybridized carbons (Fsp3) is 0.400. The molecule has 0 aliphatic heterocycles. The molecule has 0 saturated heterocycles. The van der Waals surface area contributed by atoms with Crippen molar-refractivity contribution in [1.82, 2.24) is 4.72 Å². The van der Waals surface area contributed by atoms with E-state index in [1.54, 1.807) is 0 Å². The van der Waals surface area contributed by atoms with E-state index in [4.69, 9.17) is 15.6 Å². The highest BCUT2D eigenvalue weighted by Crippen LogP contribution is 2.23. The Balaban J connectivity index is 2.89. The van der Waals surface area contributed by atoms with E-state index in [-0.39, 0.29) is 10.6 Å². The number of aliphatic hydroxyl groups excluding tert-OH is 1. The SMILES string of the molecule is COc1ccc(S(=O)(=O)NCC(O)C(F)F)c(N)c1. The number of hydrogen-bond donors (Lipinski definition) is 3. The summed E-state index contributed by atoms with van der Waals surface area (Å²) in [6.45, 7) is -0.800. The number of nitrogen functional groups attached to an aromatic ring is 1. The van der Waals surface area contributed by atoms with Gasteiger partial charge in [-0.05, 0) is 12.1 Å². The van der Waals surface area contributed by atoms with Crippen molar-refractivity contribution < 1.29 is 27.0 Å². The average molecular weight is 296 g/mol. The Labute approximate surface area is 109 Å². The Kier molecular flexibility index (Phi) is 5.04. The number of anilines is 1. The van der Waals surface area contributed by atoms with Crippen molar-refractivity contribution in [2.45, 2.75) is 17.4 Å². The number of nitrogens with two attached hydrogens (primary N) is 1. The quantitative estimate of drug-likeness (QED) is 0.650. The smallest absolute Gasteiger partial charge is 0.265 e. The third-order valence-electron chi connectivity index (χ3n) is 2.28. The van der Waals surface area contributed by atoms with Crippen LogP contribution in [0.5, 0.6) is 5.75 Å². The van der Waals surface area contributed by atoms with Gasteiger partial charge in [-0.3, -0.25) is 0 Å². The first-order chi connectivity index (χ1) is 8.77. The monoisotopic (exact) mass is 296 g/mol. The van der Waals surface area contributed by atoms with Crippen LogP contribution >= 0.6 is 0 Å². The van der Waals surface area contributed by atoms with Crippen LogP contribution < -0.4 is 15.2 Å². The predicted molar refractivity (Wildman–Crippen MR) is 64.6 cm³/mol. The number of hydrogen-bond acceptors (Lipinski definition) is 5. The molecule has 0 bridgehead atoms. The molecule has 108 valence electrons. The normalized spacial score (nSPS) is 13.5. The molecule has 1 unspecified atom stereocenters. The molecule has 0 amide bonds. The van der Waals surface area contributed by atoms with E-state index in [0.29, 0.717) is 5.75 Å². The maximum atomic E-state index is 12.1. The van der Waals surface area contributed by atoms with Gasteiger partial charge in [0.1, 0.15) is 16.7 Å². The van der Waals surface area contributed by atoms with Gasteiger partial charge in [0.25, 0.3) is 6.43 Å². The minimum Gasteiger partial charge on any atom is -0.497 e. The second kappa shape index (κ2) is 6.13. The van der Waals surface area contributed by atoms with Gasteiger partial charge in [0.15, 0.2) is 0 Å². The number of benzene rings is 1. The fourth-order valence-corrected chi connectivity index (χ4v) is 2.42. The van der Waals surface area contributed by atoms with Crippen LogP contribution in [0.15, 0.2) is 23.1 Å². The van der Waals surface area contributed by atoms with E-state index in [9.17, 15) is 17.2 Å². The standard InChI is InChI=1S/C10H14F2N2O4S/c1-18-6-2-3-9(7(13)4-6)19(16,17)14-5-8(15)10(11)12/h2-4,8,10,14-15H,5,13H2,1H3. The van der Waals surface area contributed by atoms with Crippen LogP contribution in [0.2, 0.25) is 0 Å². The number of alkyl halides is 2. The molecule has 19 heavy (non-hydrogen) atoms. The first kappa shape index (κ1) is 15.6. The van der Waals surface area contributed by atoms with Gasteiger partial charge < -0.3 is 15.6 Å². The van der Waals surface area contributed by atoms with E-state index >= 15 is 0 Å². The van der Waals surface area contributed by atoms with E-state index in [0.717, 1.165) is 0 Å². The Bertz CT molecular complexity index is 536. The Morgan fingerprint density at radius 2 is 2.11 bits per heavy atom. The summed E-state index contributed by atoms with van der Waals surface area (Å²) in [4.78, 5) is -0.269. The minimum absolute atomic E-state index is 0.0848. The highest BCUT2D eigenvalue weighted by Gasteiger charge is 2.22. The van der Waals surface area contributed by atoms with Gasteiger partial charge in [-0.1, -0.05) is 0 Å². The lowest BCUT2D eigenvalue weighted by Gasteiger charge is -2.13. The average Bonchev–Trinajstić information content (AvgIpc) is 2.35. The van der Waals surface area contributed by atoms with E-state index in [1.165, 1.54) is 25.3 Å². The summed E-state index contributed by atoms with van der Waals surface area (Å²) in [7, 11) is -2.68. The van der Waals surface area contributed by atoms with Crippen LogP contribution in [-0.2, 0) is 10.0 Å². The van der Waals surface area contributed by atoms with Crippen molar-refractivity contribution in [3.63, 3.8) is 0 Å². The van der Waals surface area contributed by atoms with Crippen LogP contribution in [0, 0.1) is 0 Å². The molecule has 0 aliphatic rings. The first-order valence-corrected chi connectivity index (χ1v) is 6.65. The van der Waals surface area contributed by atoms with Crippen molar-refractivity contribution in [3.05, 3.63) is 18.2 Å². The summed E-state index contributed by atoms with van der Waals surface area (Å²) in [6.07, 6.45) is -5.11. The molecule has 1 atom stereocenters. The summed E-state index contributed by atoms with van der Waals surface area (Å²) >= 11 is 0. The Morgan fingerprint density at radius 1 is 1.47 bits per heavy atom. The van der Waals surface area contributed by atoms with Crippen molar-refractivity contribution in [1.29, 1.82) is 0 Å². The van der Waals surface area contributed by atoms with Crippen molar-refractivity contribution in [2.24, 2.45) is 0 Å². The zero-order chi connectivity index (χ0) is 14.6. The van der Waals surface area contributed by atoms with E-state index in [1.807, 2.05) is 4.72 Å². The van der Waals surface area contributed by atoms with Gasteiger partial charge >= 0.3 is 0 Å². The van der Waals surface area contributed by atoms with Crippen molar-refractivity contribution >= 4 is 15.7 Å². The summed E-state index contributed by atoms with van der Waals surface area (Å²) in [5, 5.41) is 8.86. The zero-order valence-electron chi connectivity index (χ0n) is 10.0. The first-order valence-electron chi connectivity index (χ1n) is 5.17. The Morgan fingerprint density at radius 3 is 2.58 bits per heavy atom. The second-order valence-electron chi connectivity index (χ2n) is 3.66. The number of rotatable bonds is 6. The highest BCUT2D eigenvalue weighted by molar-refractivity contribution is 7.89. The summed E-state index contributed by atoms with van der Waals surface area (Å²) in [5.74, 6) is 0.365. The number of halogens is 2. The molecule has 0 heterocycles. The van der Waals surface area contributed by atoms with Gasteiger partial charge in [-0.25, -0.2) is 21.9 Å². The molecule has 6 nitrogen and oxygen atoms in total. The molecule has 0 aliphatic carbocycles. The third kappa shape index (κ3) is 4.01. The predicted octanol–water partition coefficient (Wildman–Crippen LogP) is 0.182. The van der Waals surface area contributed by atoms with Crippen LogP contribution in [0.3, 0.4) is 0 Å². The number of sulfonamides is 1. The maximum absolute atomic E-state index is 12.1. The lowest BCUT2D eigenvalue weighted by Crippen LogP contribution is -2.36. The molecule has 1 aromatic carbocycles. The fourth-order valence-electron chi connectivity index (χ4n) is 1.26. The molecule has 4 N–H and O–H groups in total. The maximum Gasteiger partial charge on any atom is 0.265 e. The molecule has 1 rings (SSSR count). The van der Waals surface area contributed by atoms with Gasteiger partial charge in [-0.15, -0.1) is 0 Å². The summed E-state index contributed by atoms with van der Waals surface area (Å²) in [6, 6.07) is 3.85. The highest BCUT2D eigenvalue weighted by atomic mass is 32.2. The second-order valence-corrected chi connectivity index (χ2v) is 5.39. The largest absolute Gasteiger partial charge is 0.497 e. The minimum atomic E-state index is -4.07. The molecule has 0 fully saturated rings. The van der Waals surface area contributed by atoms with Gasteiger partial charge in [0.05, 0.1) is 12.8 Å². The van der Waals surface area contributed by atoms with Crippen LogP contribution in [0.4, 0.5) is 14.5 Å². The van der Waals surface area contributed by atoms with E-state index in [2.05, 4.69) is 0 Å². The van der Waals surface area contributed by atoms with Crippen molar-refractivity contribution in [3.8, 4) is 5.75 Å². The molecular weight excluding hydrogens is 282 g/mol. The molecule has 0 aromatic heterocycles. The number of aliphatic hydroxyl groups is 1. The Hall–Kier alpha value is -1.45. The topological polar surface area (TPSA) is 102 Å². The van der Waals surface area contributed by atoms with Gasteiger partial charge in [-0.2, -0.15) is 0 Å². The van der Waals surface area contributed by atoms with Crippen molar-refractivity contribution in [2.75, 3.05) is 19.4 Å². The molecule has 0 spiro atoms. The molecular formula is C10H14F2N2O4S. The van der Waals surface area contributed by atoms with Crippen LogP contribution in [0.1, 0.15) is 0 Å². The lowest BCUT2D eigenvalue weighted by molar-refractivity contribution is -0.000450. The third-order valence-corrected chi connectivity index (χ3v) is 3.78. The van der Waals surface area contributed by atoms with Crippen LogP contribution in [-0.4, -0.2) is 39.7 Å². The lowest BCUT2D eigenvalue weighted by atomic mass is 10.3. The molecule has 9 heteroatoms. The molecule has 0 radical (unpaired) electrons. The zero-order valence-corrected chi connectivity index (χ0v) is 10.8. The number of nitrogens with one attached hydrogen (secondary N) is 1. The summed E-state index contributed by atoms with van der Waals surface area (Å²) in [5.41, 5.74) is 5.45.